The molecule has 1 amide bonds. The molecule has 0 atom stereocenters. The number of sulfonamides is 1. The highest BCUT2D eigenvalue weighted by Gasteiger charge is 2.13. The quantitative estimate of drug-likeness (QED) is 0.726. The highest BCUT2D eigenvalue weighted by atomic mass is 32.2. The summed E-state index contributed by atoms with van der Waals surface area (Å²) >= 11 is 1.47. The fourth-order valence-corrected chi connectivity index (χ4v) is 3.50. The van der Waals surface area contributed by atoms with Crippen LogP contribution in [0.3, 0.4) is 0 Å². The lowest BCUT2D eigenvalue weighted by molar-refractivity contribution is -0.113. The van der Waals surface area contributed by atoms with Crippen molar-refractivity contribution < 1.29 is 13.2 Å². The van der Waals surface area contributed by atoms with Crippen LogP contribution in [0.5, 0.6) is 0 Å². The molecule has 7 heteroatoms. The van der Waals surface area contributed by atoms with Crippen LogP contribution in [0.25, 0.3) is 0 Å². The molecule has 140 valence electrons. The van der Waals surface area contributed by atoms with Gasteiger partial charge in [0, 0.05) is 16.3 Å². The van der Waals surface area contributed by atoms with Gasteiger partial charge < -0.3 is 5.32 Å². The van der Waals surface area contributed by atoms with Crippen LogP contribution in [-0.2, 0) is 20.2 Å². The number of benzene rings is 2. The van der Waals surface area contributed by atoms with Crippen LogP contribution in [0.2, 0.25) is 0 Å². The van der Waals surface area contributed by atoms with Gasteiger partial charge in [-0.05, 0) is 47.4 Å². The number of rotatable bonds is 6. The van der Waals surface area contributed by atoms with E-state index in [-0.39, 0.29) is 11.3 Å². The predicted molar refractivity (Wildman–Crippen MR) is 109 cm³/mol. The van der Waals surface area contributed by atoms with Crippen LogP contribution in [0.1, 0.15) is 26.3 Å². The zero-order valence-electron chi connectivity index (χ0n) is 15.4. The lowest BCUT2D eigenvalue weighted by Crippen LogP contribution is -2.14. The molecular formula is C19H24N2O3S2. The molecule has 0 unspecified atom stereocenters. The smallest absolute Gasteiger partial charge is 0.234 e. The molecule has 0 aromatic heterocycles. The van der Waals surface area contributed by atoms with Crippen LogP contribution < -0.4 is 10.0 Å². The highest BCUT2D eigenvalue weighted by Crippen LogP contribution is 2.25. The first-order chi connectivity index (χ1) is 12.0. The maximum absolute atomic E-state index is 12.1. The first kappa shape index (κ1) is 20.3. The second-order valence-electron chi connectivity index (χ2n) is 7.06. The maximum atomic E-state index is 12.1. The maximum Gasteiger partial charge on any atom is 0.234 e. The Morgan fingerprint density at radius 3 is 2.00 bits per heavy atom. The van der Waals surface area contributed by atoms with E-state index < -0.39 is 10.0 Å². The summed E-state index contributed by atoms with van der Waals surface area (Å²) in [6.07, 6.45) is 1.09. The normalized spacial score (nSPS) is 11.8. The van der Waals surface area contributed by atoms with Crippen molar-refractivity contribution >= 4 is 39.1 Å². The van der Waals surface area contributed by atoms with Crippen molar-refractivity contribution in [3.8, 4) is 0 Å². The molecule has 0 saturated heterocycles. The minimum atomic E-state index is -3.31. The van der Waals surface area contributed by atoms with Crippen molar-refractivity contribution in [3.63, 3.8) is 0 Å². The van der Waals surface area contributed by atoms with Crippen molar-refractivity contribution in [3.05, 3.63) is 54.1 Å². The Balaban J connectivity index is 1.87. The Labute approximate surface area is 159 Å². The second-order valence-corrected chi connectivity index (χ2v) is 9.86. The summed E-state index contributed by atoms with van der Waals surface area (Å²) in [5.74, 6) is 0.191. The van der Waals surface area contributed by atoms with Gasteiger partial charge in [0.15, 0.2) is 0 Å². The molecule has 0 bridgehead atoms. The number of nitrogens with one attached hydrogen (secondary N) is 2. The Bertz CT molecular complexity index is 853. The summed E-state index contributed by atoms with van der Waals surface area (Å²) in [5.41, 5.74) is 2.45. The minimum Gasteiger partial charge on any atom is -0.325 e. The number of carbonyl (C=O) groups is 1. The molecule has 0 heterocycles. The third kappa shape index (κ3) is 6.72. The van der Waals surface area contributed by atoms with Gasteiger partial charge in [0.2, 0.25) is 15.9 Å². The van der Waals surface area contributed by atoms with E-state index >= 15 is 0 Å². The van der Waals surface area contributed by atoms with Gasteiger partial charge in [0.25, 0.3) is 0 Å². The molecule has 0 fully saturated rings. The van der Waals surface area contributed by atoms with Crippen LogP contribution in [0.4, 0.5) is 11.4 Å². The van der Waals surface area contributed by atoms with E-state index in [1.54, 1.807) is 24.3 Å². The van der Waals surface area contributed by atoms with Crippen LogP contribution in [-0.4, -0.2) is 26.3 Å². The summed E-state index contributed by atoms with van der Waals surface area (Å²) in [4.78, 5) is 13.1. The monoisotopic (exact) mass is 392 g/mol. The molecule has 2 aromatic rings. The standard InChI is InChI=1S/C19H24N2O3S2/c1-19(2,3)14-5-11-17(12-6-14)25-13-18(22)20-15-7-9-16(10-8-15)21-26(4,23)24/h5-12,21H,13H2,1-4H3,(H,20,22). The average Bonchev–Trinajstić information content (AvgIpc) is 2.53. The number of carbonyl (C=O) groups excluding carboxylic acids is 1. The van der Waals surface area contributed by atoms with E-state index in [0.29, 0.717) is 17.1 Å². The molecule has 5 nitrogen and oxygen atoms in total. The van der Waals surface area contributed by atoms with E-state index in [0.717, 1.165) is 11.2 Å². The predicted octanol–water partition coefficient (Wildman–Crippen LogP) is 4.09. The van der Waals surface area contributed by atoms with Crippen LogP contribution in [0, 0.1) is 0 Å². The number of hydrogen-bond acceptors (Lipinski definition) is 4. The van der Waals surface area contributed by atoms with E-state index in [1.165, 1.54) is 17.3 Å². The van der Waals surface area contributed by atoms with Crippen LogP contribution in [0.15, 0.2) is 53.4 Å². The summed E-state index contributed by atoms with van der Waals surface area (Å²) in [7, 11) is -3.31. The Kier molecular flexibility index (Phi) is 6.36. The molecule has 26 heavy (non-hydrogen) atoms. The summed E-state index contributed by atoms with van der Waals surface area (Å²) in [6.45, 7) is 6.50. The van der Waals surface area contributed by atoms with Gasteiger partial charge in [-0.2, -0.15) is 0 Å². The summed E-state index contributed by atoms with van der Waals surface area (Å²) in [6, 6.07) is 14.8. The molecule has 0 aliphatic carbocycles. The van der Waals surface area contributed by atoms with E-state index in [1.807, 2.05) is 12.1 Å². The van der Waals surface area contributed by atoms with Crippen molar-refractivity contribution in [2.75, 3.05) is 22.0 Å². The number of hydrogen-bond donors (Lipinski definition) is 2. The number of thioether (sulfide) groups is 1. The van der Waals surface area contributed by atoms with Gasteiger partial charge >= 0.3 is 0 Å². The minimum absolute atomic E-state index is 0.110. The van der Waals surface area contributed by atoms with Crippen molar-refractivity contribution in [1.29, 1.82) is 0 Å². The zero-order valence-corrected chi connectivity index (χ0v) is 17.0. The topological polar surface area (TPSA) is 75.3 Å². The van der Waals surface area contributed by atoms with Gasteiger partial charge in [0.05, 0.1) is 12.0 Å². The summed E-state index contributed by atoms with van der Waals surface area (Å²) < 4.78 is 24.7. The van der Waals surface area contributed by atoms with Gasteiger partial charge in [-0.3, -0.25) is 9.52 Å². The highest BCUT2D eigenvalue weighted by molar-refractivity contribution is 8.00. The fourth-order valence-electron chi connectivity index (χ4n) is 2.23. The largest absolute Gasteiger partial charge is 0.325 e. The third-order valence-corrected chi connectivity index (χ3v) is 5.18. The van der Waals surface area contributed by atoms with Gasteiger partial charge in [0.1, 0.15) is 0 Å². The van der Waals surface area contributed by atoms with E-state index in [2.05, 4.69) is 42.9 Å². The lowest BCUT2D eigenvalue weighted by atomic mass is 9.87. The number of anilines is 2. The molecule has 0 aliphatic rings. The fraction of sp³-hybridized carbons (Fsp3) is 0.316. The lowest BCUT2D eigenvalue weighted by Gasteiger charge is -2.19. The molecule has 2 rings (SSSR count). The zero-order chi connectivity index (χ0) is 19.4. The SMILES string of the molecule is CC(C)(C)c1ccc(SCC(=O)Nc2ccc(NS(C)(=O)=O)cc2)cc1. The Morgan fingerprint density at radius 1 is 0.962 bits per heavy atom. The molecule has 2 aromatic carbocycles. The van der Waals surface area contributed by atoms with Crippen LogP contribution >= 0.6 is 11.8 Å². The molecular weight excluding hydrogens is 368 g/mol. The van der Waals surface area contributed by atoms with E-state index in [9.17, 15) is 13.2 Å². The molecule has 0 saturated carbocycles. The first-order valence-electron chi connectivity index (χ1n) is 8.14. The van der Waals surface area contributed by atoms with Crippen molar-refractivity contribution in [2.45, 2.75) is 31.1 Å². The Morgan fingerprint density at radius 2 is 1.50 bits per heavy atom. The molecule has 0 aliphatic heterocycles. The second kappa shape index (κ2) is 8.14. The van der Waals surface area contributed by atoms with Gasteiger partial charge in [-0.25, -0.2) is 8.42 Å². The van der Waals surface area contributed by atoms with Crippen molar-refractivity contribution in [1.82, 2.24) is 0 Å². The van der Waals surface area contributed by atoms with Gasteiger partial charge in [-0.15, -0.1) is 11.8 Å². The molecule has 0 spiro atoms. The molecule has 2 N–H and O–H groups in total. The Hall–Kier alpha value is -1.99. The van der Waals surface area contributed by atoms with Crippen molar-refractivity contribution in [2.24, 2.45) is 0 Å². The number of amides is 1. The van der Waals surface area contributed by atoms with Gasteiger partial charge in [-0.1, -0.05) is 32.9 Å². The molecule has 0 radical (unpaired) electrons. The summed E-state index contributed by atoms with van der Waals surface area (Å²) in [5, 5.41) is 2.80. The average molecular weight is 393 g/mol. The first-order valence-corrected chi connectivity index (χ1v) is 11.0. The third-order valence-electron chi connectivity index (χ3n) is 3.56. The van der Waals surface area contributed by atoms with E-state index in [4.69, 9.17) is 0 Å².